The number of ether oxygens (including phenoxy) is 1. The molecular weight excluding hydrogens is 471 g/mol. The van der Waals surface area contributed by atoms with E-state index in [-0.39, 0.29) is 22.4 Å². The summed E-state index contributed by atoms with van der Waals surface area (Å²) < 4.78 is 32.7. The third-order valence-electron chi connectivity index (χ3n) is 5.31. The van der Waals surface area contributed by atoms with Crippen molar-refractivity contribution in [3.63, 3.8) is 0 Å². The molecule has 0 bridgehead atoms. The largest absolute Gasteiger partial charge is 0.497 e. The van der Waals surface area contributed by atoms with Gasteiger partial charge in [-0.05, 0) is 72.1 Å². The Balaban J connectivity index is 1.54. The normalized spacial score (nSPS) is 14.0. The van der Waals surface area contributed by atoms with Crippen LogP contribution in [-0.4, -0.2) is 32.3 Å². The molecule has 32 heavy (non-hydrogen) atoms. The molecule has 0 saturated carbocycles. The maximum absolute atomic E-state index is 13.1. The third-order valence-corrected chi connectivity index (χ3v) is 7.72. The number of carbonyl (C=O) groups excluding carboxylic acids is 1. The third kappa shape index (κ3) is 4.61. The van der Waals surface area contributed by atoms with Crippen LogP contribution in [0.15, 0.2) is 65.6 Å². The highest BCUT2D eigenvalue weighted by atomic mass is 35.5. The van der Waals surface area contributed by atoms with Crippen LogP contribution in [0.2, 0.25) is 10.0 Å². The molecule has 0 spiro atoms. The second-order valence-electron chi connectivity index (χ2n) is 7.33. The number of hydrogen-bond donors (Lipinski definition) is 1. The van der Waals surface area contributed by atoms with Crippen LogP contribution in [0.1, 0.15) is 21.5 Å². The summed E-state index contributed by atoms with van der Waals surface area (Å²) in [6, 6.07) is 16.5. The highest BCUT2D eigenvalue weighted by molar-refractivity contribution is 7.89. The van der Waals surface area contributed by atoms with Crippen LogP contribution in [0.25, 0.3) is 0 Å². The van der Waals surface area contributed by atoms with Gasteiger partial charge in [-0.1, -0.05) is 29.3 Å². The molecule has 9 heteroatoms. The number of methoxy groups -OCH3 is 1. The van der Waals surface area contributed by atoms with Crippen LogP contribution in [0.3, 0.4) is 0 Å². The first kappa shape index (κ1) is 22.6. The van der Waals surface area contributed by atoms with E-state index in [0.717, 1.165) is 11.1 Å². The Labute approximate surface area is 196 Å². The van der Waals surface area contributed by atoms with E-state index >= 15 is 0 Å². The monoisotopic (exact) mass is 490 g/mol. The number of amides is 1. The van der Waals surface area contributed by atoms with Gasteiger partial charge < -0.3 is 10.1 Å². The Hall–Kier alpha value is -2.58. The van der Waals surface area contributed by atoms with Crippen molar-refractivity contribution in [2.45, 2.75) is 17.9 Å². The predicted octanol–water partition coefficient (Wildman–Crippen LogP) is 5.00. The van der Waals surface area contributed by atoms with Crippen LogP contribution in [0.4, 0.5) is 5.69 Å². The van der Waals surface area contributed by atoms with Gasteiger partial charge in [0.1, 0.15) is 5.75 Å². The number of rotatable bonds is 5. The fourth-order valence-electron chi connectivity index (χ4n) is 3.58. The van der Waals surface area contributed by atoms with Crippen molar-refractivity contribution in [1.82, 2.24) is 4.31 Å². The minimum absolute atomic E-state index is 0.212. The van der Waals surface area contributed by atoms with Crippen LogP contribution < -0.4 is 10.1 Å². The number of sulfonamides is 1. The molecule has 0 saturated heterocycles. The molecule has 0 fully saturated rings. The van der Waals surface area contributed by atoms with Gasteiger partial charge in [0.15, 0.2) is 0 Å². The Morgan fingerprint density at radius 2 is 1.75 bits per heavy atom. The van der Waals surface area contributed by atoms with Gasteiger partial charge in [-0.25, -0.2) is 8.42 Å². The first-order chi connectivity index (χ1) is 15.3. The van der Waals surface area contributed by atoms with Gasteiger partial charge in [-0.2, -0.15) is 4.31 Å². The summed E-state index contributed by atoms with van der Waals surface area (Å²) >= 11 is 12.0. The van der Waals surface area contributed by atoms with Crippen molar-refractivity contribution in [3.8, 4) is 5.75 Å². The number of hydrogen-bond acceptors (Lipinski definition) is 4. The number of benzene rings is 3. The lowest BCUT2D eigenvalue weighted by molar-refractivity contribution is 0.102. The minimum atomic E-state index is -3.66. The zero-order valence-electron chi connectivity index (χ0n) is 17.1. The van der Waals surface area contributed by atoms with Gasteiger partial charge in [-0.15, -0.1) is 0 Å². The molecule has 0 aliphatic carbocycles. The number of anilines is 1. The Morgan fingerprint density at radius 1 is 1.00 bits per heavy atom. The van der Waals surface area contributed by atoms with Crippen molar-refractivity contribution < 1.29 is 17.9 Å². The van der Waals surface area contributed by atoms with E-state index in [1.54, 1.807) is 36.4 Å². The van der Waals surface area contributed by atoms with Crippen LogP contribution in [0, 0.1) is 0 Å². The Kier molecular flexibility index (Phi) is 6.44. The molecule has 1 aliphatic rings. The average molecular weight is 491 g/mol. The molecule has 0 atom stereocenters. The van der Waals surface area contributed by atoms with E-state index < -0.39 is 10.0 Å². The van der Waals surface area contributed by atoms with Crippen molar-refractivity contribution in [2.24, 2.45) is 0 Å². The molecule has 0 radical (unpaired) electrons. The van der Waals surface area contributed by atoms with Crippen molar-refractivity contribution in [1.29, 1.82) is 0 Å². The van der Waals surface area contributed by atoms with Crippen LogP contribution in [-0.2, 0) is 23.0 Å². The Bertz CT molecular complexity index is 1280. The van der Waals surface area contributed by atoms with Gasteiger partial charge in [0, 0.05) is 23.8 Å². The van der Waals surface area contributed by atoms with Gasteiger partial charge >= 0.3 is 0 Å². The lowest BCUT2D eigenvalue weighted by Gasteiger charge is -2.28. The molecule has 1 aliphatic heterocycles. The second-order valence-corrected chi connectivity index (χ2v) is 10.1. The van der Waals surface area contributed by atoms with E-state index in [9.17, 15) is 13.2 Å². The quantitative estimate of drug-likeness (QED) is 0.545. The molecule has 3 aromatic carbocycles. The van der Waals surface area contributed by atoms with Gasteiger partial charge in [0.05, 0.1) is 22.6 Å². The summed E-state index contributed by atoms with van der Waals surface area (Å²) in [7, 11) is -2.13. The van der Waals surface area contributed by atoms with Gasteiger partial charge in [-0.3, -0.25) is 4.79 Å². The number of nitrogens with one attached hydrogen (secondary N) is 1. The number of fused-ring (bicyclic) bond motifs is 1. The molecule has 6 nitrogen and oxygen atoms in total. The standard InChI is InChI=1S/C23H20Cl2N2O4S/c1-31-19-5-7-20(8-6-19)32(29,30)27-11-10-15-2-4-18(12-16(15)14-27)26-23(28)21-9-3-17(24)13-22(21)25/h2-9,12-13H,10-11,14H2,1H3,(H,26,28). The highest BCUT2D eigenvalue weighted by Gasteiger charge is 2.28. The molecule has 0 unspecified atom stereocenters. The first-order valence-electron chi connectivity index (χ1n) is 9.80. The highest BCUT2D eigenvalue weighted by Crippen LogP contribution is 2.28. The average Bonchev–Trinajstić information content (AvgIpc) is 2.78. The van der Waals surface area contributed by atoms with E-state index in [4.69, 9.17) is 27.9 Å². The van der Waals surface area contributed by atoms with Gasteiger partial charge in [0.25, 0.3) is 5.91 Å². The zero-order valence-corrected chi connectivity index (χ0v) is 19.5. The van der Waals surface area contributed by atoms with E-state index in [1.165, 1.54) is 29.6 Å². The molecule has 0 aromatic heterocycles. The van der Waals surface area contributed by atoms with Crippen LogP contribution >= 0.6 is 23.2 Å². The lowest BCUT2D eigenvalue weighted by atomic mass is 10.0. The maximum atomic E-state index is 13.1. The number of halogens is 2. The topological polar surface area (TPSA) is 75.7 Å². The summed E-state index contributed by atoms with van der Waals surface area (Å²) in [5.74, 6) is 0.222. The van der Waals surface area contributed by atoms with Crippen molar-refractivity contribution in [3.05, 3.63) is 87.4 Å². The molecular formula is C23H20Cl2N2O4S. The summed E-state index contributed by atoms with van der Waals surface area (Å²) in [4.78, 5) is 12.8. The number of nitrogens with zero attached hydrogens (tertiary/aromatic N) is 1. The molecule has 3 aromatic rings. The summed E-state index contributed by atoms with van der Waals surface area (Å²) in [6.45, 7) is 0.600. The van der Waals surface area contributed by atoms with Crippen molar-refractivity contribution >= 4 is 44.8 Å². The fourth-order valence-corrected chi connectivity index (χ4v) is 5.50. The summed E-state index contributed by atoms with van der Waals surface area (Å²) in [5, 5.41) is 3.52. The molecule has 4 rings (SSSR count). The lowest BCUT2D eigenvalue weighted by Crippen LogP contribution is -2.36. The first-order valence-corrected chi connectivity index (χ1v) is 12.0. The fraction of sp³-hybridized carbons (Fsp3) is 0.174. The predicted molar refractivity (Wildman–Crippen MR) is 125 cm³/mol. The molecule has 1 amide bonds. The second kappa shape index (κ2) is 9.11. The maximum Gasteiger partial charge on any atom is 0.257 e. The number of carbonyl (C=O) groups is 1. The van der Waals surface area contributed by atoms with E-state index in [0.29, 0.717) is 35.0 Å². The van der Waals surface area contributed by atoms with Gasteiger partial charge in [0.2, 0.25) is 10.0 Å². The molecule has 1 heterocycles. The minimum Gasteiger partial charge on any atom is -0.497 e. The van der Waals surface area contributed by atoms with Crippen molar-refractivity contribution in [2.75, 3.05) is 19.0 Å². The SMILES string of the molecule is COc1ccc(S(=O)(=O)N2CCc3ccc(NC(=O)c4ccc(Cl)cc4Cl)cc3C2)cc1. The van der Waals surface area contributed by atoms with E-state index in [1.807, 2.05) is 6.07 Å². The Morgan fingerprint density at radius 3 is 2.44 bits per heavy atom. The summed E-state index contributed by atoms with van der Waals surface area (Å²) in [5.41, 5.74) is 2.75. The summed E-state index contributed by atoms with van der Waals surface area (Å²) in [6.07, 6.45) is 0.585. The zero-order chi connectivity index (χ0) is 22.9. The van der Waals surface area contributed by atoms with E-state index in [2.05, 4.69) is 5.32 Å². The molecule has 1 N–H and O–H groups in total. The smallest absolute Gasteiger partial charge is 0.257 e. The van der Waals surface area contributed by atoms with Crippen LogP contribution in [0.5, 0.6) is 5.75 Å². The molecule has 166 valence electrons.